The monoisotopic (exact) mass is 317 g/mol. The molecule has 0 spiro atoms. The van der Waals surface area contributed by atoms with Gasteiger partial charge in [-0.3, -0.25) is 4.79 Å². The van der Waals surface area contributed by atoms with Crippen molar-refractivity contribution in [3.63, 3.8) is 0 Å². The van der Waals surface area contributed by atoms with Crippen LogP contribution in [0.4, 0.5) is 0 Å². The average molecular weight is 318 g/mol. The molecule has 7 heteroatoms. The van der Waals surface area contributed by atoms with Gasteiger partial charge in [0.2, 0.25) is 0 Å². The SMILES string of the molecule is CCS(=O)(=O)C1CN(C(=O)c2cc(Cl)ccc2OC)C1. The molecule has 0 N–H and O–H groups in total. The van der Waals surface area contributed by atoms with Gasteiger partial charge in [-0.05, 0) is 18.2 Å². The predicted octanol–water partition coefficient (Wildman–Crippen LogP) is 1.61. The molecule has 0 radical (unpaired) electrons. The standard InChI is InChI=1S/C13H16ClNO4S/c1-3-20(17,18)10-7-15(8-10)13(16)11-6-9(14)4-5-12(11)19-2/h4-6,10H,3,7-8H2,1-2H3. The van der Waals surface area contributed by atoms with E-state index in [1.165, 1.54) is 18.1 Å². The van der Waals surface area contributed by atoms with Gasteiger partial charge in [-0.15, -0.1) is 0 Å². The number of methoxy groups -OCH3 is 1. The fourth-order valence-electron chi connectivity index (χ4n) is 2.08. The molecule has 0 unspecified atom stereocenters. The molecule has 0 saturated carbocycles. The molecule has 5 nitrogen and oxygen atoms in total. The first-order valence-corrected chi connectivity index (χ1v) is 8.32. The third kappa shape index (κ3) is 2.76. The van der Waals surface area contributed by atoms with Crippen LogP contribution in [0.15, 0.2) is 18.2 Å². The summed E-state index contributed by atoms with van der Waals surface area (Å²) < 4.78 is 28.5. The van der Waals surface area contributed by atoms with E-state index < -0.39 is 15.1 Å². The van der Waals surface area contributed by atoms with E-state index in [1.54, 1.807) is 19.1 Å². The van der Waals surface area contributed by atoms with Gasteiger partial charge in [0, 0.05) is 23.9 Å². The summed E-state index contributed by atoms with van der Waals surface area (Å²) in [5.74, 6) is 0.272. The van der Waals surface area contributed by atoms with E-state index in [1.807, 2.05) is 0 Å². The van der Waals surface area contributed by atoms with E-state index in [9.17, 15) is 13.2 Å². The van der Waals surface area contributed by atoms with Gasteiger partial charge < -0.3 is 9.64 Å². The summed E-state index contributed by atoms with van der Waals surface area (Å²) in [7, 11) is -1.61. The Kier molecular flexibility index (Phi) is 4.25. The van der Waals surface area contributed by atoms with Gasteiger partial charge in [0.1, 0.15) is 5.75 Å². The Bertz CT molecular complexity index is 623. The number of hydrogen-bond donors (Lipinski definition) is 0. The van der Waals surface area contributed by atoms with Crippen molar-refractivity contribution in [2.75, 3.05) is 26.0 Å². The van der Waals surface area contributed by atoms with Crippen LogP contribution in [0.3, 0.4) is 0 Å². The Balaban J connectivity index is 2.14. The fourth-order valence-corrected chi connectivity index (χ4v) is 3.54. The zero-order valence-electron chi connectivity index (χ0n) is 11.3. The van der Waals surface area contributed by atoms with Gasteiger partial charge in [0.05, 0.1) is 17.9 Å². The van der Waals surface area contributed by atoms with Crippen LogP contribution < -0.4 is 4.74 Å². The van der Waals surface area contributed by atoms with Crippen molar-refractivity contribution in [1.29, 1.82) is 0 Å². The van der Waals surface area contributed by atoms with E-state index in [0.29, 0.717) is 16.3 Å². The van der Waals surface area contributed by atoms with Crippen LogP contribution in [0.25, 0.3) is 0 Å². The number of hydrogen-bond acceptors (Lipinski definition) is 4. The van der Waals surface area contributed by atoms with Gasteiger partial charge in [-0.1, -0.05) is 18.5 Å². The maximum atomic E-state index is 12.3. The topological polar surface area (TPSA) is 63.7 Å². The Hall–Kier alpha value is -1.27. The molecule has 0 bridgehead atoms. The Morgan fingerprint density at radius 3 is 2.65 bits per heavy atom. The molecule has 1 aliphatic heterocycles. The van der Waals surface area contributed by atoms with E-state index in [2.05, 4.69) is 0 Å². The minimum absolute atomic E-state index is 0.0974. The largest absolute Gasteiger partial charge is 0.496 e. The Morgan fingerprint density at radius 2 is 2.10 bits per heavy atom. The number of sulfone groups is 1. The lowest BCUT2D eigenvalue weighted by Gasteiger charge is -2.38. The summed E-state index contributed by atoms with van der Waals surface area (Å²) in [5, 5.41) is -0.0194. The second-order valence-electron chi connectivity index (χ2n) is 4.63. The maximum Gasteiger partial charge on any atom is 0.257 e. The number of rotatable bonds is 4. The summed E-state index contributed by atoms with van der Waals surface area (Å²) in [6.45, 7) is 2.06. The van der Waals surface area contributed by atoms with Crippen LogP contribution in [0.2, 0.25) is 5.02 Å². The van der Waals surface area contributed by atoms with E-state index in [-0.39, 0.29) is 24.7 Å². The summed E-state index contributed by atoms with van der Waals surface area (Å²) in [6.07, 6.45) is 0. The summed E-state index contributed by atoms with van der Waals surface area (Å²) in [6, 6.07) is 4.79. The molecule has 0 atom stereocenters. The van der Waals surface area contributed by atoms with Crippen molar-refractivity contribution in [3.05, 3.63) is 28.8 Å². The summed E-state index contributed by atoms with van der Waals surface area (Å²) in [4.78, 5) is 13.8. The van der Waals surface area contributed by atoms with E-state index in [0.717, 1.165) is 0 Å². The fraction of sp³-hybridized carbons (Fsp3) is 0.462. The molecule has 1 amide bonds. The third-order valence-electron chi connectivity index (χ3n) is 3.44. The molecule has 1 heterocycles. The molecule has 1 fully saturated rings. The van der Waals surface area contributed by atoms with Crippen LogP contribution in [-0.4, -0.2) is 50.4 Å². The number of ether oxygens (including phenoxy) is 1. The zero-order chi connectivity index (χ0) is 14.9. The molecule has 0 aromatic heterocycles. The highest BCUT2D eigenvalue weighted by Gasteiger charge is 2.39. The van der Waals surface area contributed by atoms with E-state index in [4.69, 9.17) is 16.3 Å². The Morgan fingerprint density at radius 1 is 1.45 bits per heavy atom. The quantitative estimate of drug-likeness (QED) is 0.846. The minimum atomic E-state index is -3.09. The molecule has 20 heavy (non-hydrogen) atoms. The van der Waals surface area contributed by atoms with Crippen LogP contribution in [-0.2, 0) is 9.84 Å². The van der Waals surface area contributed by atoms with Gasteiger partial charge in [-0.25, -0.2) is 8.42 Å². The molecule has 0 aliphatic carbocycles. The molecule has 1 saturated heterocycles. The highest BCUT2D eigenvalue weighted by atomic mass is 35.5. The lowest BCUT2D eigenvalue weighted by atomic mass is 10.1. The highest BCUT2D eigenvalue weighted by molar-refractivity contribution is 7.92. The molecule has 1 aromatic carbocycles. The average Bonchev–Trinajstić information content (AvgIpc) is 2.36. The second kappa shape index (κ2) is 5.61. The van der Waals surface area contributed by atoms with Crippen LogP contribution in [0.1, 0.15) is 17.3 Å². The van der Waals surface area contributed by atoms with Crippen molar-refractivity contribution in [2.45, 2.75) is 12.2 Å². The van der Waals surface area contributed by atoms with Crippen molar-refractivity contribution < 1.29 is 17.9 Å². The lowest BCUT2D eigenvalue weighted by molar-refractivity contribution is 0.0655. The number of amides is 1. The van der Waals surface area contributed by atoms with Crippen molar-refractivity contribution >= 4 is 27.3 Å². The first-order valence-electron chi connectivity index (χ1n) is 6.23. The van der Waals surface area contributed by atoms with Crippen LogP contribution in [0.5, 0.6) is 5.75 Å². The van der Waals surface area contributed by atoms with Crippen molar-refractivity contribution in [1.82, 2.24) is 4.90 Å². The maximum absolute atomic E-state index is 12.3. The molecule has 1 aromatic rings. The van der Waals surface area contributed by atoms with Gasteiger partial charge in [0.15, 0.2) is 9.84 Å². The minimum Gasteiger partial charge on any atom is -0.496 e. The number of halogens is 1. The number of nitrogens with zero attached hydrogens (tertiary/aromatic N) is 1. The molecule has 110 valence electrons. The number of likely N-dealkylation sites (tertiary alicyclic amines) is 1. The van der Waals surface area contributed by atoms with Crippen molar-refractivity contribution in [2.24, 2.45) is 0 Å². The lowest BCUT2D eigenvalue weighted by Crippen LogP contribution is -2.57. The number of carbonyl (C=O) groups is 1. The number of carbonyl (C=O) groups excluding carboxylic acids is 1. The summed E-state index contributed by atoms with van der Waals surface area (Å²) in [5.41, 5.74) is 0.354. The van der Waals surface area contributed by atoms with E-state index >= 15 is 0 Å². The smallest absolute Gasteiger partial charge is 0.257 e. The Labute approximate surface area is 123 Å². The molecule has 2 rings (SSSR count). The predicted molar refractivity (Wildman–Crippen MR) is 77.2 cm³/mol. The van der Waals surface area contributed by atoms with Crippen LogP contribution >= 0.6 is 11.6 Å². The van der Waals surface area contributed by atoms with Gasteiger partial charge >= 0.3 is 0 Å². The molecule has 1 aliphatic rings. The third-order valence-corrected chi connectivity index (χ3v) is 5.79. The highest BCUT2D eigenvalue weighted by Crippen LogP contribution is 2.27. The first kappa shape index (κ1) is 15.1. The second-order valence-corrected chi connectivity index (χ2v) is 7.63. The summed E-state index contributed by atoms with van der Waals surface area (Å²) >= 11 is 5.89. The zero-order valence-corrected chi connectivity index (χ0v) is 12.9. The molecular formula is C13H16ClNO4S. The van der Waals surface area contributed by atoms with Crippen molar-refractivity contribution in [3.8, 4) is 5.75 Å². The van der Waals surface area contributed by atoms with Gasteiger partial charge in [-0.2, -0.15) is 0 Å². The normalized spacial score (nSPS) is 15.8. The molecular weight excluding hydrogens is 302 g/mol. The number of benzene rings is 1. The van der Waals surface area contributed by atoms with Gasteiger partial charge in [0.25, 0.3) is 5.91 Å². The van der Waals surface area contributed by atoms with Crippen LogP contribution in [0, 0.1) is 0 Å². The first-order chi connectivity index (χ1) is 9.39.